The predicted octanol–water partition coefficient (Wildman–Crippen LogP) is 6.30. The second kappa shape index (κ2) is 20.0. The van der Waals surface area contributed by atoms with Crippen LogP contribution in [0.5, 0.6) is 11.5 Å². The number of alkyl halides is 3. The largest absolute Gasteiger partial charge is 0.461 e. The molecule has 0 radical (unpaired) electrons. The molecule has 0 aromatic heterocycles. The number of nitrogens with zero attached hydrogens (tertiary/aromatic N) is 2. The van der Waals surface area contributed by atoms with E-state index in [-0.39, 0.29) is 47.1 Å². The van der Waals surface area contributed by atoms with E-state index >= 15 is 0 Å². The maximum absolute atomic E-state index is 14.2. The topological polar surface area (TPSA) is 146 Å². The smallest absolute Gasteiger partial charge is 0.387 e. The molecule has 0 bridgehead atoms. The third-order valence-corrected chi connectivity index (χ3v) is 9.18. The van der Waals surface area contributed by atoms with Gasteiger partial charge < -0.3 is 24.6 Å². The van der Waals surface area contributed by atoms with E-state index in [2.05, 4.69) is 10.1 Å². The number of nitrogens with one attached hydrogen (secondary N) is 3. The van der Waals surface area contributed by atoms with Crippen molar-refractivity contribution in [3.8, 4) is 11.5 Å². The minimum Gasteiger partial charge on any atom is -0.461 e. The van der Waals surface area contributed by atoms with Crippen LogP contribution in [-0.4, -0.2) is 64.4 Å². The fourth-order valence-electron chi connectivity index (χ4n) is 5.84. The van der Waals surface area contributed by atoms with Crippen molar-refractivity contribution in [3.05, 3.63) is 119 Å². The maximum atomic E-state index is 14.2. The number of carbonyl (C=O) groups is 3. The zero-order valence-electron chi connectivity index (χ0n) is 31.0. The highest BCUT2D eigenvalue weighted by atomic mass is 32.2. The summed E-state index contributed by atoms with van der Waals surface area (Å²) < 4.78 is 135. The Labute approximate surface area is 329 Å². The van der Waals surface area contributed by atoms with E-state index in [4.69, 9.17) is 4.74 Å². The number of likely N-dealkylation sites (N-methyl/N-ethyl adjacent to an activating group) is 2. The van der Waals surface area contributed by atoms with E-state index in [0.29, 0.717) is 12.1 Å². The minimum atomic E-state index is -5.10. The van der Waals surface area contributed by atoms with E-state index in [0.717, 1.165) is 53.1 Å². The lowest BCUT2D eigenvalue weighted by molar-refractivity contribution is -0.120. The van der Waals surface area contributed by atoms with Gasteiger partial charge in [0.15, 0.2) is 0 Å². The monoisotopic (exact) mass is 841 g/mol. The summed E-state index contributed by atoms with van der Waals surface area (Å²) in [5.74, 6) is -6.09. The van der Waals surface area contributed by atoms with Crippen LogP contribution in [0.4, 0.5) is 46.9 Å². The first-order valence-corrected chi connectivity index (χ1v) is 18.9. The number of urea groups is 1. The Balaban J connectivity index is 1.62. The number of rotatable bonds is 18. The molecule has 58 heavy (non-hydrogen) atoms. The summed E-state index contributed by atoms with van der Waals surface area (Å²) in [5, 5.41) is 2.19. The first kappa shape index (κ1) is 44.8. The molecule has 0 fully saturated rings. The lowest BCUT2D eigenvalue weighted by Crippen LogP contribution is -2.57. The molecule has 1 unspecified atom stereocenters. The zero-order valence-corrected chi connectivity index (χ0v) is 31.8. The number of amides is 4. The summed E-state index contributed by atoms with van der Waals surface area (Å²) in [5.41, 5.74) is 0.0378. The molecule has 20 heteroatoms. The van der Waals surface area contributed by atoms with Gasteiger partial charge in [0.05, 0.1) is 0 Å². The third kappa shape index (κ3) is 13.1. The number of carbonyl (C=O) groups excluding carboxylic acids is 3. The Morgan fingerprint density at radius 2 is 1.03 bits per heavy atom. The highest BCUT2D eigenvalue weighted by Gasteiger charge is 2.32. The molecule has 4 aromatic rings. The summed E-state index contributed by atoms with van der Waals surface area (Å²) in [7, 11) is -5.10. The van der Waals surface area contributed by atoms with Crippen molar-refractivity contribution in [1.29, 1.82) is 0 Å². The van der Waals surface area contributed by atoms with Crippen molar-refractivity contribution in [1.82, 2.24) is 14.8 Å². The summed E-state index contributed by atoms with van der Waals surface area (Å²) in [6, 6.07) is 9.75. The quantitative estimate of drug-likeness (QED) is 0.0998. The highest BCUT2D eigenvalue weighted by Crippen LogP contribution is 2.24. The van der Waals surface area contributed by atoms with Crippen LogP contribution in [0, 0.1) is 23.3 Å². The Kier molecular flexibility index (Phi) is 15.5. The molecule has 3 N–H and O–H groups in total. The van der Waals surface area contributed by atoms with Gasteiger partial charge in [-0.2, -0.15) is 21.9 Å². The van der Waals surface area contributed by atoms with E-state index in [1.807, 2.05) is 4.72 Å². The van der Waals surface area contributed by atoms with Gasteiger partial charge >= 0.3 is 22.9 Å². The Hall–Kier alpha value is -5.89. The average Bonchev–Trinajstić information content (AvgIpc) is 3.11. The first-order chi connectivity index (χ1) is 27.4. The van der Waals surface area contributed by atoms with Crippen molar-refractivity contribution < 1.29 is 63.0 Å². The fourth-order valence-corrected chi connectivity index (χ4v) is 6.76. The van der Waals surface area contributed by atoms with Gasteiger partial charge in [-0.3, -0.25) is 9.59 Å². The molecule has 3 atom stereocenters. The Bertz CT molecular complexity index is 2130. The molecule has 312 valence electrons. The number of hydrogen-bond acceptors (Lipinski definition) is 7. The van der Waals surface area contributed by atoms with Gasteiger partial charge in [-0.15, -0.1) is 0 Å². The molecular weight excluding hydrogens is 803 g/mol. The number of ether oxygens (including phenoxy) is 2. The molecule has 12 nitrogen and oxygen atoms in total. The van der Waals surface area contributed by atoms with Crippen LogP contribution in [0.25, 0.3) is 0 Å². The van der Waals surface area contributed by atoms with Crippen molar-refractivity contribution in [2.45, 2.75) is 58.7 Å². The number of hydrogen-bond donors (Lipinski definition) is 3. The molecule has 0 spiro atoms. The van der Waals surface area contributed by atoms with Gasteiger partial charge in [0, 0.05) is 49.9 Å². The van der Waals surface area contributed by atoms with Crippen molar-refractivity contribution in [2.75, 3.05) is 22.9 Å². The number of anilines is 2. The molecule has 0 heterocycles. The fraction of sp³-hybridized carbons (Fsp3) is 0.289. The molecule has 0 saturated carbocycles. The Morgan fingerprint density at radius 1 is 0.638 bits per heavy atom. The van der Waals surface area contributed by atoms with Crippen LogP contribution in [0.1, 0.15) is 31.9 Å². The van der Waals surface area contributed by atoms with Crippen LogP contribution in [0.2, 0.25) is 0 Å². The first-order valence-electron chi connectivity index (χ1n) is 17.4. The van der Waals surface area contributed by atoms with Gasteiger partial charge in [-0.1, -0.05) is 0 Å². The SMILES string of the molecule is CCN(C(=O)[C@H](Cc1cc(F)cc(F)c1)NC(=O)NS(=O)(=O)N[C@@H](Cc1cc(F)cc(F)c1)C(=O)N(CC)c1ccc(OC(F)F)cc1)c1ccc(OC(C)F)cc1. The number of halogens is 7. The molecule has 4 rings (SSSR count). The third-order valence-electron chi connectivity index (χ3n) is 8.14. The van der Waals surface area contributed by atoms with Crippen LogP contribution in [0.15, 0.2) is 84.9 Å². The van der Waals surface area contributed by atoms with Gasteiger partial charge in [-0.05, 0) is 104 Å². The van der Waals surface area contributed by atoms with Gasteiger partial charge in [0.1, 0.15) is 46.9 Å². The molecular formula is C38H38F7N5O7S. The summed E-state index contributed by atoms with van der Waals surface area (Å²) in [6.07, 6.45) is -2.85. The van der Waals surface area contributed by atoms with Crippen molar-refractivity contribution in [2.24, 2.45) is 0 Å². The van der Waals surface area contributed by atoms with Gasteiger partial charge in [0.2, 0.25) is 18.2 Å². The summed E-state index contributed by atoms with van der Waals surface area (Å²) >= 11 is 0. The van der Waals surface area contributed by atoms with Crippen LogP contribution in [-0.2, 0) is 32.6 Å². The second-order valence-corrected chi connectivity index (χ2v) is 13.9. The zero-order chi connectivity index (χ0) is 42.7. The number of benzene rings is 4. The molecule has 0 aliphatic heterocycles. The van der Waals surface area contributed by atoms with E-state index < -0.39 is 89.2 Å². The lowest BCUT2D eigenvalue weighted by atomic mass is 10.0. The summed E-state index contributed by atoms with van der Waals surface area (Å²) in [4.78, 5) is 43.4. The second-order valence-electron chi connectivity index (χ2n) is 12.5. The normalized spacial score (nSPS) is 12.9. The Morgan fingerprint density at radius 3 is 1.43 bits per heavy atom. The minimum absolute atomic E-state index is 0.0317. The lowest BCUT2D eigenvalue weighted by Gasteiger charge is -2.28. The van der Waals surface area contributed by atoms with Crippen molar-refractivity contribution in [3.63, 3.8) is 0 Å². The van der Waals surface area contributed by atoms with Crippen LogP contribution >= 0.6 is 0 Å². The van der Waals surface area contributed by atoms with Crippen LogP contribution in [0.3, 0.4) is 0 Å². The standard InChI is InChI=1S/C38H38F7N5O7S/c1-4-49(29-6-10-31(11-7-29)56-22(3)39)35(51)33(18-23-14-25(40)20-26(41)15-23)46-38(53)48-58(54,55)47-34(19-24-16-27(42)21-28(43)17-24)36(52)50(5-2)30-8-12-32(13-9-30)57-37(44)45/h6-17,20-22,33-34,37,47H,4-5,18-19H2,1-3H3,(H2,46,48,53)/t22?,33-,34-/m0/s1. The molecule has 0 aliphatic carbocycles. The summed E-state index contributed by atoms with van der Waals surface area (Å²) in [6.45, 7) is 0.917. The average molecular weight is 842 g/mol. The van der Waals surface area contributed by atoms with Gasteiger partial charge in [-0.25, -0.2) is 31.5 Å². The predicted molar refractivity (Wildman–Crippen MR) is 198 cm³/mol. The van der Waals surface area contributed by atoms with Gasteiger partial charge in [0.25, 0.3) is 0 Å². The van der Waals surface area contributed by atoms with E-state index in [1.165, 1.54) is 43.3 Å². The molecule has 0 saturated heterocycles. The molecule has 4 amide bonds. The van der Waals surface area contributed by atoms with Crippen molar-refractivity contribution >= 4 is 39.4 Å². The van der Waals surface area contributed by atoms with E-state index in [1.54, 1.807) is 11.6 Å². The molecule has 4 aromatic carbocycles. The highest BCUT2D eigenvalue weighted by molar-refractivity contribution is 7.88. The van der Waals surface area contributed by atoms with E-state index in [9.17, 15) is 53.5 Å². The molecule has 0 aliphatic rings. The van der Waals surface area contributed by atoms with Crippen LogP contribution < -0.4 is 34.0 Å². The maximum Gasteiger partial charge on any atom is 0.387 e.